The van der Waals surface area contributed by atoms with Crippen molar-refractivity contribution in [3.63, 3.8) is 0 Å². The van der Waals surface area contributed by atoms with Crippen molar-refractivity contribution < 1.29 is 18.3 Å². The van der Waals surface area contributed by atoms with Gasteiger partial charge in [-0.3, -0.25) is 4.79 Å². The van der Waals surface area contributed by atoms with E-state index in [4.69, 9.17) is 4.74 Å². The zero-order valence-electron chi connectivity index (χ0n) is 9.61. The Balaban J connectivity index is 2.41. The van der Waals surface area contributed by atoms with Crippen molar-refractivity contribution in [2.45, 2.75) is 0 Å². The van der Waals surface area contributed by atoms with E-state index >= 15 is 0 Å². The average Bonchev–Trinajstić information content (AvgIpc) is 2.38. The summed E-state index contributed by atoms with van der Waals surface area (Å²) in [4.78, 5) is 12.0. The van der Waals surface area contributed by atoms with Crippen LogP contribution in [0.25, 0.3) is 0 Å². The largest absolute Gasteiger partial charge is 0.497 e. The summed E-state index contributed by atoms with van der Waals surface area (Å²) < 4.78 is 31.8. The van der Waals surface area contributed by atoms with Gasteiger partial charge in [-0.1, -0.05) is 6.07 Å². The number of ketones is 1. The maximum atomic E-state index is 13.4. The number of rotatable bonds is 3. The molecule has 0 heterocycles. The molecule has 4 heteroatoms. The van der Waals surface area contributed by atoms with E-state index in [9.17, 15) is 13.6 Å². The first-order chi connectivity index (χ1) is 8.63. The normalized spacial score (nSPS) is 10.2. The van der Waals surface area contributed by atoms with Crippen molar-refractivity contribution in [1.29, 1.82) is 0 Å². The minimum absolute atomic E-state index is 0.208. The van der Waals surface area contributed by atoms with Crippen molar-refractivity contribution in [1.82, 2.24) is 0 Å². The molecule has 0 saturated heterocycles. The zero-order valence-corrected chi connectivity index (χ0v) is 9.61. The summed E-state index contributed by atoms with van der Waals surface area (Å²) in [7, 11) is 1.49. The predicted molar refractivity (Wildman–Crippen MR) is 62.8 cm³/mol. The highest BCUT2D eigenvalue weighted by Gasteiger charge is 2.18. The lowest BCUT2D eigenvalue weighted by Crippen LogP contribution is -2.07. The van der Waals surface area contributed by atoms with E-state index < -0.39 is 23.0 Å². The second kappa shape index (κ2) is 4.96. The predicted octanol–water partition coefficient (Wildman–Crippen LogP) is 3.20. The van der Waals surface area contributed by atoms with Crippen molar-refractivity contribution >= 4 is 5.78 Å². The molecular formula is C14H10F2O2. The highest BCUT2D eigenvalue weighted by atomic mass is 19.1. The molecule has 0 unspecified atom stereocenters. The lowest BCUT2D eigenvalue weighted by Gasteiger charge is -2.05. The highest BCUT2D eigenvalue weighted by Crippen LogP contribution is 2.19. The summed E-state index contributed by atoms with van der Waals surface area (Å²) in [6.07, 6.45) is 0. The molecule has 0 aliphatic rings. The van der Waals surface area contributed by atoms with Crippen LogP contribution in [-0.2, 0) is 0 Å². The van der Waals surface area contributed by atoms with Gasteiger partial charge in [-0.05, 0) is 36.4 Å². The zero-order chi connectivity index (χ0) is 13.1. The molecule has 18 heavy (non-hydrogen) atoms. The van der Waals surface area contributed by atoms with Gasteiger partial charge >= 0.3 is 0 Å². The van der Waals surface area contributed by atoms with Crippen LogP contribution in [0, 0.1) is 11.6 Å². The molecule has 2 aromatic rings. The number of ether oxygens (including phenoxy) is 1. The number of methoxy groups -OCH3 is 1. The molecule has 0 atom stereocenters. The smallest absolute Gasteiger partial charge is 0.198 e. The third kappa shape index (κ3) is 2.22. The van der Waals surface area contributed by atoms with Crippen molar-refractivity contribution in [3.8, 4) is 5.75 Å². The SMILES string of the molecule is COc1ccc(C(=O)c2c(F)cccc2F)cc1. The van der Waals surface area contributed by atoms with Crippen LogP contribution in [0.3, 0.4) is 0 Å². The summed E-state index contributed by atoms with van der Waals surface area (Å²) >= 11 is 0. The fourth-order valence-electron chi connectivity index (χ4n) is 1.60. The highest BCUT2D eigenvalue weighted by molar-refractivity contribution is 6.09. The number of carbonyl (C=O) groups excluding carboxylic acids is 1. The van der Waals surface area contributed by atoms with E-state index in [0.717, 1.165) is 12.1 Å². The Kier molecular flexibility index (Phi) is 3.37. The van der Waals surface area contributed by atoms with E-state index in [1.165, 1.54) is 25.3 Å². The van der Waals surface area contributed by atoms with Crippen LogP contribution in [0.5, 0.6) is 5.75 Å². The van der Waals surface area contributed by atoms with Crippen molar-refractivity contribution in [3.05, 3.63) is 65.2 Å². The van der Waals surface area contributed by atoms with E-state index in [2.05, 4.69) is 0 Å². The lowest BCUT2D eigenvalue weighted by molar-refractivity contribution is 0.103. The van der Waals surface area contributed by atoms with Gasteiger partial charge in [0.15, 0.2) is 5.78 Å². The summed E-state index contributed by atoms with van der Waals surface area (Å²) in [6, 6.07) is 9.38. The number of carbonyl (C=O) groups is 1. The maximum absolute atomic E-state index is 13.4. The molecule has 92 valence electrons. The summed E-state index contributed by atoms with van der Waals surface area (Å²) in [5, 5.41) is 0. The maximum Gasteiger partial charge on any atom is 0.198 e. The first-order valence-electron chi connectivity index (χ1n) is 5.26. The number of hydrogen-bond acceptors (Lipinski definition) is 2. The van der Waals surface area contributed by atoms with Gasteiger partial charge in [0, 0.05) is 5.56 Å². The molecule has 0 spiro atoms. The molecule has 0 fully saturated rings. The number of hydrogen-bond donors (Lipinski definition) is 0. The molecule has 2 nitrogen and oxygen atoms in total. The fourth-order valence-corrected chi connectivity index (χ4v) is 1.60. The molecule has 0 aliphatic carbocycles. The van der Waals surface area contributed by atoms with Gasteiger partial charge in [0.2, 0.25) is 0 Å². The van der Waals surface area contributed by atoms with Gasteiger partial charge in [0.1, 0.15) is 17.4 Å². The van der Waals surface area contributed by atoms with E-state index in [1.54, 1.807) is 12.1 Å². The van der Waals surface area contributed by atoms with Gasteiger partial charge in [-0.15, -0.1) is 0 Å². The number of halogens is 2. The third-order valence-electron chi connectivity index (χ3n) is 2.54. The van der Waals surface area contributed by atoms with Gasteiger partial charge in [0.25, 0.3) is 0 Å². The van der Waals surface area contributed by atoms with E-state index in [-0.39, 0.29) is 5.56 Å². The second-order valence-electron chi connectivity index (χ2n) is 3.65. The molecule has 0 radical (unpaired) electrons. The van der Waals surface area contributed by atoms with Crippen molar-refractivity contribution in [2.75, 3.05) is 7.11 Å². The molecule has 0 amide bonds. The molecule has 2 aromatic carbocycles. The van der Waals surface area contributed by atoms with Crippen LogP contribution < -0.4 is 4.74 Å². The third-order valence-corrected chi connectivity index (χ3v) is 2.54. The van der Waals surface area contributed by atoms with Crippen molar-refractivity contribution in [2.24, 2.45) is 0 Å². The Hall–Kier alpha value is -2.23. The van der Waals surface area contributed by atoms with Crippen LogP contribution in [0.2, 0.25) is 0 Å². The Bertz CT molecular complexity index is 557. The van der Waals surface area contributed by atoms with Gasteiger partial charge in [0.05, 0.1) is 12.7 Å². The minimum Gasteiger partial charge on any atom is -0.497 e. The molecule has 0 saturated carbocycles. The standard InChI is InChI=1S/C14H10F2O2/c1-18-10-7-5-9(6-8-10)14(17)13-11(15)3-2-4-12(13)16/h2-8H,1H3. The molecule has 0 N–H and O–H groups in total. The summed E-state index contributed by atoms with van der Waals surface area (Å²) in [5.41, 5.74) is -0.331. The Morgan fingerprint density at radius 1 is 1.00 bits per heavy atom. The quantitative estimate of drug-likeness (QED) is 0.780. The Labute approximate surface area is 103 Å². The summed E-state index contributed by atoms with van der Waals surface area (Å²) in [6.45, 7) is 0. The topological polar surface area (TPSA) is 26.3 Å². The van der Waals surface area contributed by atoms with Gasteiger partial charge in [-0.2, -0.15) is 0 Å². The molecule has 0 aliphatic heterocycles. The van der Waals surface area contributed by atoms with Crippen LogP contribution in [0.4, 0.5) is 8.78 Å². The average molecular weight is 248 g/mol. The first kappa shape index (κ1) is 12.2. The first-order valence-corrected chi connectivity index (χ1v) is 5.26. The van der Waals surface area contributed by atoms with Crippen LogP contribution in [-0.4, -0.2) is 12.9 Å². The van der Waals surface area contributed by atoms with Crippen LogP contribution in [0.1, 0.15) is 15.9 Å². The summed E-state index contributed by atoms with van der Waals surface area (Å²) in [5.74, 6) is -1.85. The van der Waals surface area contributed by atoms with Gasteiger partial charge in [-0.25, -0.2) is 8.78 Å². The minimum atomic E-state index is -0.865. The molecular weight excluding hydrogens is 238 g/mol. The van der Waals surface area contributed by atoms with E-state index in [0.29, 0.717) is 5.75 Å². The van der Waals surface area contributed by atoms with E-state index in [1.807, 2.05) is 0 Å². The molecule has 2 rings (SSSR count). The molecule has 0 bridgehead atoms. The van der Waals surface area contributed by atoms with Gasteiger partial charge < -0.3 is 4.74 Å². The Morgan fingerprint density at radius 2 is 1.56 bits per heavy atom. The Morgan fingerprint density at radius 3 is 2.06 bits per heavy atom. The molecule has 0 aromatic heterocycles. The lowest BCUT2D eigenvalue weighted by atomic mass is 10.0. The van der Waals surface area contributed by atoms with Crippen LogP contribution in [0.15, 0.2) is 42.5 Å². The second-order valence-corrected chi connectivity index (χ2v) is 3.65. The van der Waals surface area contributed by atoms with Crippen LogP contribution >= 0.6 is 0 Å². The fraction of sp³-hybridized carbons (Fsp3) is 0.0714. The number of benzene rings is 2. The monoisotopic (exact) mass is 248 g/mol.